The van der Waals surface area contributed by atoms with Crippen LogP contribution in [-0.2, 0) is 6.54 Å². The number of guanidine groups is 1. The van der Waals surface area contributed by atoms with Gasteiger partial charge in [0.15, 0.2) is 5.96 Å². The van der Waals surface area contributed by atoms with Gasteiger partial charge in [0.2, 0.25) is 5.89 Å². The third kappa shape index (κ3) is 5.67. The number of hydrogen-bond donors (Lipinski definition) is 3. The molecule has 27 heavy (non-hydrogen) atoms. The van der Waals surface area contributed by atoms with Gasteiger partial charge in [0, 0.05) is 13.1 Å². The van der Waals surface area contributed by atoms with E-state index in [-0.39, 0.29) is 0 Å². The van der Waals surface area contributed by atoms with Gasteiger partial charge in [-0.25, -0.2) is 9.98 Å². The van der Waals surface area contributed by atoms with Crippen LogP contribution in [0.1, 0.15) is 30.7 Å². The predicted octanol–water partition coefficient (Wildman–Crippen LogP) is 3.58. The Balaban J connectivity index is 1.52. The molecule has 1 aromatic carbocycles. The lowest BCUT2D eigenvalue weighted by Crippen LogP contribution is -2.38. The van der Waals surface area contributed by atoms with Crippen LogP contribution in [0.15, 0.2) is 63.5 Å². The Morgan fingerprint density at radius 2 is 2.07 bits per heavy atom. The molecule has 1 unspecified atom stereocenters. The Morgan fingerprint density at radius 3 is 2.81 bits per heavy atom. The van der Waals surface area contributed by atoms with Gasteiger partial charge in [-0.2, -0.15) is 0 Å². The van der Waals surface area contributed by atoms with E-state index in [1.807, 2.05) is 54.8 Å². The van der Waals surface area contributed by atoms with Crippen molar-refractivity contribution in [3.8, 4) is 10.8 Å². The van der Waals surface area contributed by atoms with Gasteiger partial charge in [-0.1, -0.05) is 36.4 Å². The molecule has 0 aliphatic carbocycles. The van der Waals surface area contributed by atoms with E-state index in [4.69, 9.17) is 4.42 Å². The Kier molecular flexibility index (Phi) is 7.01. The molecule has 0 bridgehead atoms. The molecule has 0 amide bonds. The van der Waals surface area contributed by atoms with Crippen LogP contribution in [0.5, 0.6) is 0 Å². The number of aliphatic imine (C=N–C) groups is 1. The van der Waals surface area contributed by atoms with E-state index >= 15 is 0 Å². The van der Waals surface area contributed by atoms with Crippen molar-refractivity contribution in [1.82, 2.24) is 15.6 Å². The molecule has 142 valence electrons. The summed E-state index contributed by atoms with van der Waals surface area (Å²) < 4.78 is 5.52. The molecule has 2 heterocycles. The van der Waals surface area contributed by atoms with Crippen molar-refractivity contribution < 1.29 is 9.52 Å². The van der Waals surface area contributed by atoms with Crippen LogP contribution in [0.3, 0.4) is 0 Å². The second-order valence-electron chi connectivity index (χ2n) is 5.96. The fraction of sp³-hybridized carbons (Fsp3) is 0.300. The molecule has 3 N–H and O–H groups in total. The number of benzene rings is 1. The summed E-state index contributed by atoms with van der Waals surface area (Å²) in [6.45, 7) is 3.81. The van der Waals surface area contributed by atoms with Crippen LogP contribution in [0.2, 0.25) is 0 Å². The first-order chi connectivity index (χ1) is 13.3. The Morgan fingerprint density at radius 1 is 1.22 bits per heavy atom. The summed E-state index contributed by atoms with van der Waals surface area (Å²) in [5.41, 5.74) is 1.70. The molecule has 0 aliphatic rings. The molecule has 7 heteroatoms. The van der Waals surface area contributed by atoms with Gasteiger partial charge in [0.1, 0.15) is 12.0 Å². The van der Waals surface area contributed by atoms with Crippen molar-refractivity contribution in [3.63, 3.8) is 0 Å². The molecule has 1 atom stereocenters. The molecule has 0 fully saturated rings. The second kappa shape index (κ2) is 9.89. The quantitative estimate of drug-likeness (QED) is 0.408. The molecule has 3 rings (SSSR count). The standard InChI is InChI=1S/C20H24N4O2S/c1-2-21-20(22-11-10-17(25)15-7-4-3-5-8-15)23-13-16-14-26-19(24-16)18-9-6-12-27-18/h3-9,12,14,17,25H,2,10-11,13H2,1H3,(H2,21,22,23). The third-order valence-corrected chi connectivity index (χ3v) is 4.78. The van der Waals surface area contributed by atoms with Crippen molar-refractivity contribution in [1.29, 1.82) is 0 Å². The van der Waals surface area contributed by atoms with Gasteiger partial charge < -0.3 is 20.2 Å². The Hall–Kier alpha value is -2.64. The number of thiophene rings is 1. The molecule has 3 aromatic rings. The first kappa shape index (κ1) is 19.1. The minimum absolute atomic E-state index is 0.422. The monoisotopic (exact) mass is 384 g/mol. The summed E-state index contributed by atoms with van der Waals surface area (Å²) in [5.74, 6) is 1.32. The van der Waals surface area contributed by atoms with Crippen LogP contribution in [0.4, 0.5) is 0 Å². The number of hydrogen-bond acceptors (Lipinski definition) is 5. The second-order valence-corrected chi connectivity index (χ2v) is 6.91. The number of oxazole rings is 1. The van der Waals surface area contributed by atoms with Crippen LogP contribution in [0, 0.1) is 0 Å². The zero-order valence-corrected chi connectivity index (χ0v) is 16.1. The molecule has 0 radical (unpaired) electrons. The summed E-state index contributed by atoms with van der Waals surface area (Å²) in [6, 6.07) is 13.6. The highest BCUT2D eigenvalue weighted by Crippen LogP contribution is 2.23. The fourth-order valence-electron chi connectivity index (χ4n) is 2.56. The zero-order valence-electron chi connectivity index (χ0n) is 15.3. The largest absolute Gasteiger partial charge is 0.443 e. The summed E-state index contributed by atoms with van der Waals surface area (Å²) in [7, 11) is 0. The van der Waals surface area contributed by atoms with Gasteiger partial charge in [-0.05, 0) is 30.4 Å². The normalized spacial score (nSPS) is 12.7. The van der Waals surface area contributed by atoms with E-state index in [2.05, 4.69) is 20.6 Å². The SMILES string of the molecule is CCNC(=NCc1coc(-c2cccs2)n1)NCCC(O)c1ccccc1. The Bertz CT molecular complexity index is 831. The number of nitrogens with one attached hydrogen (secondary N) is 2. The molecular formula is C20H24N4O2S. The van der Waals surface area contributed by atoms with Crippen molar-refractivity contribution >= 4 is 17.3 Å². The van der Waals surface area contributed by atoms with E-state index in [1.165, 1.54) is 0 Å². The fourth-order valence-corrected chi connectivity index (χ4v) is 3.22. The maximum absolute atomic E-state index is 10.2. The van der Waals surface area contributed by atoms with Crippen LogP contribution < -0.4 is 10.6 Å². The van der Waals surface area contributed by atoms with Gasteiger partial charge in [0.05, 0.1) is 17.5 Å². The summed E-state index contributed by atoms with van der Waals surface area (Å²) >= 11 is 1.59. The lowest BCUT2D eigenvalue weighted by molar-refractivity contribution is 0.168. The highest BCUT2D eigenvalue weighted by atomic mass is 32.1. The van der Waals surface area contributed by atoms with Crippen LogP contribution in [0.25, 0.3) is 10.8 Å². The molecule has 0 spiro atoms. The smallest absolute Gasteiger partial charge is 0.236 e. The lowest BCUT2D eigenvalue weighted by atomic mass is 10.1. The first-order valence-electron chi connectivity index (χ1n) is 8.99. The molecular weight excluding hydrogens is 360 g/mol. The summed E-state index contributed by atoms with van der Waals surface area (Å²) in [5, 5.41) is 18.7. The summed E-state index contributed by atoms with van der Waals surface area (Å²) in [4.78, 5) is 10.0. The van der Waals surface area contributed by atoms with E-state index in [0.29, 0.717) is 31.4 Å². The van der Waals surface area contributed by atoms with E-state index in [1.54, 1.807) is 17.6 Å². The zero-order chi connectivity index (χ0) is 18.9. The minimum atomic E-state index is -0.495. The number of aromatic nitrogens is 1. The maximum atomic E-state index is 10.2. The highest BCUT2D eigenvalue weighted by Gasteiger charge is 2.09. The number of aliphatic hydroxyl groups is 1. The van der Waals surface area contributed by atoms with Crippen molar-refractivity contribution in [2.24, 2.45) is 4.99 Å². The Labute approximate surface area is 163 Å². The van der Waals surface area contributed by atoms with E-state index in [9.17, 15) is 5.11 Å². The maximum Gasteiger partial charge on any atom is 0.236 e. The van der Waals surface area contributed by atoms with Gasteiger partial charge >= 0.3 is 0 Å². The van der Waals surface area contributed by atoms with E-state index in [0.717, 1.165) is 22.7 Å². The van der Waals surface area contributed by atoms with Crippen LogP contribution >= 0.6 is 11.3 Å². The lowest BCUT2D eigenvalue weighted by Gasteiger charge is -2.14. The minimum Gasteiger partial charge on any atom is -0.443 e. The third-order valence-electron chi connectivity index (χ3n) is 3.92. The number of aliphatic hydroxyl groups excluding tert-OH is 1. The molecule has 0 aliphatic heterocycles. The highest BCUT2D eigenvalue weighted by molar-refractivity contribution is 7.13. The molecule has 0 saturated carbocycles. The number of rotatable bonds is 8. The van der Waals surface area contributed by atoms with Crippen LogP contribution in [-0.4, -0.2) is 29.1 Å². The van der Waals surface area contributed by atoms with Crippen molar-refractivity contribution in [2.45, 2.75) is 26.0 Å². The molecule has 2 aromatic heterocycles. The van der Waals surface area contributed by atoms with Gasteiger partial charge in [-0.3, -0.25) is 0 Å². The predicted molar refractivity (Wildman–Crippen MR) is 109 cm³/mol. The first-order valence-corrected chi connectivity index (χ1v) is 9.87. The average Bonchev–Trinajstić information content (AvgIpc) is 3.38. The van der Waals surface area contributed by atoms with Gasteiger partial charge in [-0.15, -0.1) is 11.3 Å². The van der Waals surface area contributed by atoms with Crippen molar-refractivity contribution in [2.75, 3.05) is 13.1 Å². The topological polar surface area (TPSA) is 82.7 Å². The van der Waals surface area contributed by atoms with Crippen molar-refractivity contribution in [3.05, 3.63) is 65.4 Å². The molecule has 6 nitrogen and oxygen atoms in total. The van der Waals surface area contributed by atoms with E-state index < -0.39 is 6.10 Å². The average molecular weight is 385 g/mol. The molecule has 0 saturated heterocycles. The number of nitrogens with zero attached hydrogens (tertiary/aromatic N) is 2. The van der Waals surface area contributed by atoms with Gasteiger partial charge in [0.25, 0.3) is 0 Å². The summed E-state index contributed by atoms with van der Waals surface area (Å²) in [6.07, 6.45) is 1.74.